The van der Waals surface area contributed by atoms with E-state index in [1.54, 1.807) is 7.11 Å². The van der Waals surface area contributed by atoms with Gasteiger partial charge < -0.3 is 15.4 Å². The SMILES string of the molecule is COc1ccccc1CNC(=O)CNc1ccc(C)c(C)c1. The second-order valence-electron chi connectivity index (χ2n) is 5.24. The molecule has 0 radical (unpaired) electrons. The number of rotatable bonds is 6. The molecule has 0 saturated heterocycles. The van der Waals surface area contributed by atoms with Crippen LogP contribution in [0.25, 0.3) is 0 Å². The zero-order valence-electron chi connectivity index (χ0n) is 13.3. The average molecular weight is 298 g/mol. The lowest BCUT2D eigenvalue weighted by atomic mass is 10.1. The van der Waals surface area contributed by atoms with E-state index in [1.807, 2.05) is 42.5 Å². The number of methoxy groups -OCH3 is 1. The van der Waals surface area contributed by atoms with Crippen LogP contribution in [0.1, 0.15) is 16.7 Å². The van der Waals surface area contributed by atoms with Crippen molar-refractivity contribution in [3.8, 4) is 5.75 Å². The molecule has 1 amide bonds. The molecule has 0 bridgehead atoms. The minimum atomic E-state index is -0.0517. The Morgan fingerprint density at radius 1 is 1.09 bits per heavy atom. The monoisotopic (exact) mass is 298 g/mol. The number of hydrogen-bond acceptors (Lipinski definition) is 3. The Morgan fingerprint density at radius 3 is 2.59 bits per heavy atom. The molecule has 0 aliphatic carbocycles. The van der Waals surface area contributed by atoms with Crippen LogP contribution < -0.4 is 15.4 Å². The molecule has 0 aliphatic heterocycles. The fourth-order valence-corrected chi connectivity index (χ4v) is 2.14. The number of carbonyl (C=O) groups is 1. The van der Waals surface area contributed by atoms with E-state index in [1.165, 1.54) is 11.1 Å². The molecule has 116 valence electrons. The molecule has 0 fully saturated rings. The predicted molar refractivity (Wildman–Crippen MR) is 89.2 cm³/mol. The average Bonchev–Trinajstić information content (AvgIpc) is 2.54. The number of ether oxygens (including phenoxy) is 1. The summed E-state index contributed by atoms with van der Waals surface area (Å²) in [5.74, 6) is 0.731. The molecule has 0 aromatic heterocycles. The first-order valence-corrected chi connectivity index (χ1v) is 7.30. The van der Waals surface area contributed by atoms with Crippen molar-refractivity contribution in [2.45, 2.75) is 20.4 Å². The van der Waals surface area contributed by atoms with Gasteiger partial charge in [0.05, 0.1) is 13.7 Å². The lowest BCUT2D eigenvalue weighted by Crippen LogP contribution is -2.29. The van der Waals surface area contributed by atoms with Crippen molar-refractivity contribution >= 4 is 11.6 Å². The van der Waals surface area contributed by atoms with Gasteiger partial charge in [-0.05, 0) is 43.2 Å². The van der Waals surface area contributed by atoms with Crippen molar-refractivity contribution in [2.75, 3.05) is 19.0 Å². The number of para-hydroxylation sites is 1. The molecule has 0 aliphatic rings. The van der Waals surface area contributed by atoms with Gasteiger partial charge in [0.2, 0.25) is 5.91 Å². The molecule has 4 heteroatoms. The fraction of sp³-hybridized carbons (Fsp3) is 0.278. The standard InChI is InChI=1S/C18H22N2O2/c1-13-8-9-16(10-14(13)2)19-12-18(21)20-11-15-6-4-5-7-17(15)22-3/h4-10,19H,11-12H2,1-3H3,(H,20,21). The third-order valence-electron chi connectivity index (χ3n) is 3.63. The Labute approximate surface area is 131 Å². The van der Waals surface area contributed by atoms with Gasteiger partial charge in [0.1, 0.15) is 5.75 Å². The summed E-state index contributed by atoms with van der Waals surface area (Å²) in [5.41, 5.74) is 4.37. The van der Waals surface area contributed by atoms with E-state index < -0.39 is 0 Å². The van der Waals surface area contributed by atoms with Crippen molar-refractivity contribution in [2.24, 2.45) is 0 Å². The van der Waals surface area contributed by atoms with Gasteiger partial charge in [-0.2, -0.15) is 0 Å². The maximum absolute atomic E-state index is 11.9. The van der Waals surface area contributed by atoms with Crippen LogP contribution >= 0.6 is 0 Å². The summed E-state index contributed by atoms with van der Waals surface area (Å²) in [6.45, 7) is 4.83. The highest BCUT2D eigenvalue weighted by Crippen LogP contribution is 2.16. The summed E-state index contributed by atoms with van der Waals surface area (Å²) in [4.78, 5) is 11.9. The lowest BCUT2D eigenvalue weighted by Gasteiger charge is -2.11. The highest BCUT2D eigenvalue weighted by atomic mass is 16.5. The summed E-state index contributed by atoms with van der Waals surface area (Å²) in [7, 11) is 1.63. The van der Waals surface area contributed by atoms with Crippen LogP contribution in [0.15, 0.2) is 42.5 Å². The molecule has 0 unspecified atom stereocenters. The van der Waals surface area contributed by atoms with E-state index in [0.717, 1.165) is 17.0 Å². The van der Waals surface area contributed by atoms with Crippen molar-refractivity contribution in [3.63, 3.8) is 0 Å². The molecule has 0 spiro atoms. The third kappa shape index (κ3) is 4.25. The maximum Gasteiger partial charge on any atom is 0.239 e. The Balaban J connectivity index is 1.84. The molecule has 0 heterocycles. The Hall–Kier alpha value is -2.49. The van der Waals surface area contributed by atoms with Gasteiger partial charge in [0.25, 0.3) is 0 Å². The number of benzene rings is 2. The van der Waals surface area contributed by atoms with Crippen LogP contribution in [-0.2, 0) is 11.3 Å². The van der Waals surface area contributed by atoms with Gasteiger partial charge in [-0.1, -0.05) is 24.3 Å². The van der Waals surface area contributed by atoms with Crippen molar-refractivity contribution in [1.82, 2.24) is 5.32 Å². The van der Waals surface area contributed by atoms with Crippen molar-refractivity contribution in [3.05, 3.63) is 59.2 Å². The minimum Gasteiger partial charge on any atom is -0.496 e. The molecular formula is C18H22N2O2. The summed E-state index contributed by atoms with van der Waals surface area (Å²) < 4.78 is 5.26. The summed E-state index contributed by atoms with van der Waals surface area (Å²) in [6, 6.07) is 13.7. The topological polar surface area (TPSA) is 50.4 Å². The number of nitrogens with one attached hydrogen (secondary N) is 2. The van der Waals surface area contributed by atoms with Gasteiger partial charge in [-0.15, -0.1) is 0 Å². The second-order valence-corrected chi connectivity index (χ2v) is 5.24. The van der Waals surface area contributed by atoms with Gasteiger partial charge in [0, 0.05) is 17.8 Å². The molecule has 22 heavy (non-hydrogen) atoms. The van der Waals surface area contributed by atoms with Gasteiger partial charge in [0.15, 0.2) is 0 Å². The first-order chi connectivity index (χ1) is 10.6. The van der Waals surface area contributed by atoms with E-state index in [2.05, 4.69) is 24.5 Å². The highest BCUT2D eigenvalue weighted by Gasteiger charge is 2.05. The van der Waals surface area contributed by atoms with Crippen molar-refractivity contribution < 1.29 is 9.53 Å². The van der Waals surface area contributed by atoms with Gasteiger partial charge in [-0.3, -0.25) is 4.79 Å². The van der Waals surface area contributed by atoms with Crippen molar-refractivity contribution in [1.29, 1.82) is 0 Å². The van der Waals surface area contributed by atoms with Crippen LogP contribution in [0.3, 0.4) is 0 Å². The largest absolute Gasteiger partial charge is 0.496 e. The summed E-state index contributed by atoms with van der Waals surface area (Å²) in [5, 5.41) is 6.02. The Bertz CT molecular complexity index is 653. The zero-order chi connectivity index (χ0) is 15.9. The molecule has 0 saturated carbocycles. The number of aryl methyl sites for hydroxylation is 2. The Morgan fingerprint density at radius 2 is 1.86 bits per heavy atom. The zero-order valence-corrected chi connectivity index (χ0v) is 13.3. The Kier molecular flexibility index (Phi) is 5.42. The molecule has 2 aromatic carbocycles. The summed E-state index contributed by atoms with van der Waals surface area (Å²) in [6.07, 6.45) is 0. The van der Waals surface area contributed by atoms with E-state index in [-0.39, 0.29) is 12.5 Å². The lowest BCUT2D eigenvalue weighted by molar-refractivity contribution is -0.119. The van der Waals surface area contributed by atoms with E-state index in [0.29, 0.717) is 6.54 Å². The number of carbonyl (C=O) groups excluding carboxylic acids is 1. The third-order valence-corrected chi connectivity index (χ3v) is 3.63. The summed E-state index contributed by atoms with van der Waals surface area (Å²) >= 11 is 0. The molecule has 2 aromatic rings. The number of hydrogen-bond donors (Lipinski definition) is 2. The van der Waals surface area contributed by atoms with Crippen LogP contribution in [0.5, 0.6) is 5.75 Å². The molecule has 2 rings (SSSR count). The minimum absolute atomic E-state index is 0.0517. The second kappa shape index (κ2) is 7.50. The fourth-order valence-electron chi connectivity index (χ4n) is 2.14. The van der Waals surface area contributed by atoms with Gasteiger partial charge in [-0.25, -0.2) is 0 Å². The normalized spacial score (nSPS) is 10.1. The molecule has 0 atom stereocenters. The maximum atomic E-state index is 11.9. The van der Waals surface area contributed by atoms with E-state index in [9.17, 15) is 4.79 Å². The van der Waals surface area contributed by atoms with E-state index >= 15 is 0 Å². The van der Waals surface area contributed by atoms with Gasteiger partial charge >= 0.3 is 0 Å². The number of amides is 1. The first-order valence-electron chi connectivity index (χ1n) is 7.30. The molecule has 2 N–H and O–H groups in total. The molecule has 4 nitrogen and oxygen atoms in total. The van der Waals surface area contributed by atoms with Crippen LogP contribution in [0.2, 0.25) is 0 Å². The number of anilines is 1. The highest BCUT2D eigenvalue weighted by molar-refractivity contribution is 5.80. The quantitative estimate of drug-likeness (QED) is 0.862. The smallest absolute Gasteiger partial charge is 0.239 e. The first kappa shape index (κ1) is 15.9. The predicted octanol–water partition coefficient (Wildman–Crippen LogP) is 3.04. The van der Waals surface area contributed by atoms with Crippen LogP contribution in [-0.4, -0.2) is 19.6 Å². The van der Waals surface area contributed by atoms with E-state index in [4.69, 9.17) is 4.74 Å². The van der Waals surface area contributed by atoms with Crippen LogP contribution in [0, 0.1) is 13.8 Å². The van der Waals surface area contributed by atoms with Crippen LogP contribution in [0.4, 0.5) is 5.69 Å². The molecular weight excluding hydrogens is 276 g/mol.